The predicted molar refractivity (Wildman–Crippen MR) is 86.6 cm³/mol. The van der Waals surface area contributed by atoms with Crippen molar-refractivity contribution >= 4 is 5.91 Å². The topological polar surface area (TPSA) is 46.3 Å². The molecule has 3 nitrogen and oxygen atoms in total. The van der Waals surface area contributed by atoms with E-state index in [9.17, 15) is 4.79 Å². The number of nitrogens with two attached hydrogens (primary N) is 1. The van der Waals surface area contributed by atoms with Gasteiger partial charge in [0.25, 0.3) is 0 Å². The van der Waals surface area contributed by atoms with Gasteiger partial charge in [0.2, 0.25) is 5.91 Å². The second kappa shape index (κ2) is 8.18. The van der Waals surface area contributed by atoms with Gasteiger partial charge in [0.15, 0.2) is 0 Å². The summed E-state index contributed by atoms with van der Waals surface area (Å²) in [5, 5.41) is 0. The number of hydrogen-bond acceptors (Lipinski definition) is 2. The van der Waals surface area contributed by atoms with Gasteiger partial charge in [0, 0.05) is 26.6 Å². The number of nitrogens with zero attached hydrogens (tertiary/aromatic N) is 1. The highest BCUT2D eigenvalue weighted by atomic mass is 16.2. The second-order valence-corrected chi connectivity index (χ2v) is 6.28. The standard InChI is InChI=1S/C18H28N2O/c1-20(14-17-11-7-6-10-16(17)13-19)18(21)12-15-8-4-2-3-5-9-15/h6-7,10-11,15H,2-5,8-9,12-14,19H2,1H3. The van der Waals surface area contributed by atoms with Gasteiger partial charge in [0.1, 0.15) is 0 Å². The van der Waals surface area contributed by atoms with Crippen LogP contribution in [0.3, 0.4) is 0 Å². The van der Waals surface area contributed by atoms with Crippen LogP contribution in [-0.4, -0.2) is 17.9 Å². The van der Waals surface area contributed by atoms with Crippen LogP contribution in [0.2, 0.25) is 0 Å². The quantitative estimate of drug-likeness (QED) is 0.843. The van der Waals surface area contributed by atoms with Crippen molar-refractivity contribution in [1.29, 1.82) is 0 Å². The maximum atomic E-state index is 12.4. The Bertz CT molecular complexity index is 450. The van der Waals surface area contributed by atoms with Crippen molar-refractivity contribution in [1.82, 2.24) is 4.90 Å². The van der Waals surface area contributed by atoms with Crippen LogP contribution in [0.4, 0.5) is 0 Å². The van der Waals surface area contributed by atoms with E-state index >= 15 is 0 Å². The first-order valence-electron chi connectivity index (χ1n) is 8.21. The Balaban J connectivity index is 1.89. The van der Waals surface area contributed by atoms with Gasteiger partial charge in [-0.2, -0.15) is 0 Å². The van der Waals surface area contributed by atoms with Gasteiger partial charge in [-0.25, -0.2) is 0 Å². The largest absolute Gasteiger partial charge is 0.341 e. The fourth-order valence-corrected chi connectivity index (χ4v) is 3.23. The molecule has 116 valence electrons. The van der Waals surface area contributed by atoms with Gasteiger partial charge in [-0.3, -0.25) is 4.79 Å². The summed E-state index contributed by atoms with van der Waals surface area (Å²) < 4.78 is 0. The average Bonchev–Trinajstić information content (AvgIpc) is 2.76. The maximum absolute atomic E-state index is 12.4. The molecule has 0 radical (unpaired) electrons. The first kappa shape index (κ1) is 16.0. The summed E-state index contributed by atoms with van der Waals surface area (Å²) in [6.07, 6.45) is 8.41. The Morgan fingerprint density at radius 3 is 2.38 bits per heavy atom. The molecule has 2 N–H and O–H groups in total. The minimum absolute atomic E-state index is 0.272. The van der Waals surface area contributed by atoms with E-state index in [0.29, 0.717) is 25.4 Å². The highest BCUT2D eigenvalue weighted by molar-refractivity contribution is 5.76. The third-order valence-electron chi connectivity index (χ3n) is 4.61. The number of rotatable bonds is 5. The fraction of sp³-hybridized carbons (Fsp3) is 0.611. The zero-order valence-electron chi connectivity index (χ0n) is 13.2. The molecular weight excluding hydrogens is 260 g/mol. The molecule has 2 rings (SSSR count). The lowest BCUT2D eigenvalue weighted by Crippen LogP contribution is -2.28. The molecule has 1 aromatic rings. The average molecular weight is 288 g/mol. The van der Waals surface area contributed by atoms with E-state index in [1.165, 1.54) is 38.5 Å². The second-order valence-electron chi connectivity index (χ2n) is 6.28. The summed E-state index contributed by atoms with van der Waals surface area (Å²) in [5.41, 5.74) is 8.06. The minimum Gasteiger partial charge on any atom is -0.341 e. The van der Waals surface area contributed by atoms with Crippen molar-refractivity contribution in [2.45, 2.75) is 58.0 Å². The molecule has 1 saturated carbocycles. The normalized spacial score (nSPS) is 16.5. The minimum atomic E-state index is 0.272. The molecule has 0 aliphatic heterocycles. The van der Waals surface area contributed by atoms with E-state index in [4.69, 9.17) is 5.73 Å². The SMILES string of the molecule is CN(Cc1ccccc1CN)C(=O)CC1CCCCCC1. The molecule has 0 aromatic heterocycles. The number of carbonyl (C=O) groups excluding carboxylic acids is 1. The van der Waals surface area contributed by atoms with Gasteiger partial charge >= 0.3 is 0 Å². The van der Waals surface area contributed by atoms with Gasteiger partial charge in [-0.1, -0.05) is 49.9 Å². The van der Waals surface area contributed by atoms with Crippen molar-refractivity contribution in [2.75, 3.05) is 7.05 Å². The lowest BCUT2D eigenvalue weighted by Gasteiger charge is -2.22. The smallest absolute Gasteiger partial charge is 0.222 e. The van der Waals surface area contributed by atoms with Crippen LogP contribution in [0.1, 0.15) is 56.1 Å². The summed E-state index contributed by atoms with van der Waals surface area (Å²) >= 11 is 0. The molecule has 0 saturated heterocycles. The fourth-order valence-electron chi connectivity index (χ4n) is 3.23. The van der Waals surface area contributed by atoms with Crippen molar-refractivity contribution in [3.8, 4) is 0 Å². The van der Waals surface area contributed by atoms with Crippen LogP contribution in [0.5, 0.6) is 0 Å². The molecule has 0 heterocycles. The maximum Gasteiger partial charge on any atom is 0.222 e. The predicted octanol–water partition coefficient (Wildman–Crippen LogP) is 3.46. The van der Waals surface area contributed by atoms with Crippen LogP contribution >= 0.6 is 0 Å². The number of hydrogen-bond donors (Lipinski definition) is 1. The Kier molecular flexibility index (Phi) is 6.24. The number of benzene rings is 1. The van der Waals surface area contributed by atoms with E-state index in [1.54, 1.807) is 0 Å². The summed E-state index contributed by atoms with van der Waals surface area (Å²) in [6, 6.07) is 8.12. The Morgan fingerprint density at radius 1 is 1.14 bits per heavy atom. The van der Waals surface area contributed by atoms with Crippen molar-refractivity contribution in [3.05, 3.63) is 35.4 Å². The number of carbonyl (C=O) groups is 1. The Hall–Kier alpha value is -1.35. The third kappa shape index (κ3) is 4.85. The molecule has 21 heavy (non-hydrogen) atoms. The molecule has 0 spiro atoms. The van der Waals surface area contributed by atoms with Gasteiger partial charge in [-0.15, -0.1) is 0 Å². The zero-order valence-corrected chi connectivity index (χ0v) is 13.2. The molecule has 0 unspecified atom stereocenters. The molecule has 1 aliphatic rings. The first-order chi connectivity index (χ1) is 10.2. The monoisotopic (exact) mass is 288 g/mol. The van der Waals surface area contributed by atoms with E-state index in [-0.39, 0.29) is 5.91 Å². The zero-order chi connectivity index (χ0) is 15.1. The summed E-state index contributed by atoms with van der Waals surface area (Å²) in [7, 11) is 1.91. The molecule has 0 bridgehead atoms. The van der Waals surface area contributed by atoms with E-state index in [1.807, 2.05) is 30.1 Å². The summed E-state index contributed by atoms with van der Waals surface area (Å²) in [4.78, 5) is 14.3. The van der Waals surface area contributed by atoms with Crippen LogP contribution < -0.4 is 5.73 Å². The molecular formula is C18H28N2O. The Morgan fingerprint density at radius 2 is 1.76 bits per heavy atom. The number of amides is 1. The van der Waals surface area contributed by atoms with Crippen LogP contribution in [0.25, 0.3) is 0 Å². The lowest BCUT2D eigenvalue weighted by atomic mass is 9.96. The van der Waals surface area contributed by atoms with Crippen LogP contribution in [0, 0.1) is 5.92 Å². The molecule has 1 aliphatic carbocycles. The molecule has 1 aromatic carbocycles. The summed E-state index contributed by atoms with van der Waals surface area (Å²) in [5.74, 6) is 0.862. The van der Waals surface area contributed by atoms with Gasteiger partial charge in [0.05, 0.1) is 0 Å². The van der Waals surface area contributed by atoms with Crippen molar-refractivity contribution < 1.29 is 4.79 Å². The van der Waals surface area contributed by atoms with Crippen LogP contribution in [-0.2, 0) is 17.9 Å². The molecule has 1 amide bonds. The Labute approximate surface area is 128 Å². The van der Waals surface area contributed by atoms with E-state index in [2.05, 4.69) is 6.07 Å². The van der Waals surface area contributed by atoms with Crippen LogP contribution in [0.15, 0.2) is 24.3 Å². The lowest BCUT2D eigenvalue weighted by molar-refractivity contribution is -0.131. The highest BCUT2D eigenvalue weighted by Gasteiger charge is 2.19. The molecule has 3 heteroatoms. The van der Waals surface area contributed by atoms with Crippen molar-refractivity contribution in [2.24, 2.45) is 11.7 Å². The first-order valence-corrected chi connectivity index (χ1v) is 8.21. The highest BCUT2D eigenvalue weighted by Crippen LogP contribution is 2.26. The van der Waals surface area contributed by atoms with E-state index < -0.39 is 0 Å². The third-order valence-corrected chi connectivity index (χ3v) is 4.61. The van der Waals surface area contributed by atoms with Gasteiger partial charge < -0.3 is 10.6 Å². The molecule has 0 atom stereocenters. The van der Waals surface area contributed by atoms with Gasteiger partial charge in [-0.05, 0) is 29.9 Å². The van der Waals surface area contributed by atoms with E-state index in [0.717, 1.165) is 11.1 Å². The van der Waals surface area contributed by atoms with Crippen molar-refractivity contribution in [3.63, 3.8) is 0 Å². The summed E-state index contributed by atoms with van der Waals surface area (Å²) in [6.45, 7) is 1.19. The molecule has 1 fully saturated rings.